The zero-order valence-electron chi connectivity index (χ0n) is 15.6. The molecule has 3 rings (SSSR count). The van der Waals surface area contributed by atoms with Crippen molar-refractivity contribution in [2.75, 3.05) is 6.54 Å². The topological polar surface area (TPSA) is 46.4 Å². The smallest absolute Gasteiger partial charge is 0.212 e. The number of pyridine rings is 1. The van der Waals surface area contributed by atoms with E-state index in [9.17, 15) is 4.79 Å². The number of aromatic nitrogens is 2. The molecule has 1 atom stereocenters. The highest BCUT2D eigenvalue weighted by atomic mass is 35.5. The Labute approximate surface area is 159 Å². The van der Waals surface area contributed by atoms with Gasteiger partial charge in [0, 0.05) is 22.8 Å². The molecule has 2 heterocycles. The second-order valence-electron chi connectivity index (χ2n) is 7.64. The Hall–Kier alpha value is -2.17. The van der Waals surface area contributed by atoms with E-state index in [-0.39, 0.29) is 23.8 Å². The number of rotatable bonds is 5. The van der Waals surface area contributed by atoms with E-state index in [4.69, 9.17) is 11.6 Å². The third-order valence-corrected chi connectivity index (χ3v) is 5.00. The van der Waals surface area contributed by atoms with Gasteiger partial charge in [0.2, 0.25) is 5.78 Å². The lowest BCUT2D eigenvalue weighted by Gasteiger charge is -2.27. The Bertz CT molecular complexity index is 940. The monoisotopic (exact) mass is 369 g/mol. The summed E-state index contributed by atoms with van der Waals surface area (Å²) in [6.45, 7) is 8.79. The molecule has 0 aliphatic heterocycles. The minimum absolute atomic E-state index is 0.0319. The van der Waals surface area contributed by atoms with E-state index in [2.05, 4.69) is 38.0 Å². The Morgan fingerprint density at radius 2 is 2.00 bits per heavy atom. The third kappa shape index (κ3) is 3.81. The molecule has 26 heavy (non-hydrogen) atoms. The van der Waals surface area contributed by atoms with Crippen molar-refractivity contribution in [2.24, 2.45) is 5.41 Å². The van der Waals surface area contributed by atoms with Gasteiger partial charge < -0.3 is 5.32 Å². The lowest BCUT2D eigenvalue weighted by Crippen LogP contribution is -2.40. The fourth-order valence-electron chi connectivity index (χ4n) is 2.71. The number of halogens is 1. The molecule has 0 radical (unpaired) electrons. The minimum Gasteiger partial charge on any atom is -0.307 e. The van der Waals surface area contributed by atoms with Crippen LogP contribution in [0.1, 0.15) is 38.3 Å². The third-order valence-electron chi connectivity index (χ3n) is 4.76. The molecule has 2 aromatic heterocycles. The van der Waals surface area contributed by atoms with E-state index in [0.717, 1.165) is 16.8 Å². The van der Waals surface area contributed by atoms with Crippen molar-refractivity contribution in [2.45, 2.75) is 33.7 Å². The highest BCUT2D eigenvalue weighted by Gasteiger charge is 2.22. The van der Waals surface area contributed by atoms with Crippen molar-refractivity contribution in [1.29, 1.82) is 0 Å². The molecule has 4 nitrogen and oxygen atoms in total. The first-order chi connectivity index (χ1) is 12.3. The summed E-state index contributed by atoms with van der Waals surface area (Å²) < 4.78 is 1.85. The first-order valence-electron chi connectivity index (χ1n) is 8.77. The number of Topliss-reactive ketones (excluding diaryl/α,β-unsaturated/α-hetero) is 1. The van der Waals surface area contributed by atoms with Gasteiger partial charge in [0.05, 0.1) is 17.8 Å². The predicted molar refractivity (Wildman–Crippen MR) is 107 cm³/mol. The van der Waals surface area contributed by atoms with Gasteiger partial charge >= 0.3 is 0 Å². The van der Waals surface area contributed by atoms with Crippen LogP contribution in [0.3, 0.4) is 0 Å². The second kappa shape index (κ2) is 7.22. The van der Waals surface area contributed by atoms with Crippen LogP contribution in [0.2, 0.25) is 5.02 Å². The van der Waals surface area contributed by atoms with Gasteiger partial charge in [0.1, 0.15) is 0 Å². The van der Waals surface area contributed by atoms with Crippen molar-refractivity contribution in [3.63, 3.8) is 0 Å². The van der Waals surface area contributed by atoms with Crippen LogP contribution >= 0.6 is 11.6 Å². The van der Waals surface area contributed by atoms with Crippen molar-refractivity contribution >= 4 is 22.9 Å². The molecule has 5 heteroatoms. The lowest BCUT2D eigenvalue weighted by molar-refractivity contribution is 0.0970. The fourth-order valence-corrected chi connectivity index (χ4v) is 2.90. The van der Waals surface area contributed by atoms with E-state index in [0.29, 0.717) is 10.8 Å². The highest BCUT2D eigenvalue weighted by molar-refractivity contribution is 6.30. The quantitative estimate of drug-likeness (QED) is 0.653. The van der Waals surface area contributed by atoms with Crippen LogP contribution in [0.5, 0.6) is 0 Å². The van der Waals surface area contributed by atoms with Crippen LogP contribution in [0, 0.1) is 5.41 Å². The SMILES string of the molecule is C[C@H](NCC(=O)c1nc(-c2cccc(Cl)c2)c2ccccn12)C(C)(C)C. The van der Waals surface area contributed by atoms with Gasteiger partial charge in [-0.05, 0) is 36.6 Å². The predicted octanol–water partition coefficient (Wildman–Crippen LogP) is 4.86. The maximum Gasteiger partial charge on any atom is 0.212 e. The summed E-state index contributed by atoms with van der Waals surface area (Å²) >= 11 is 6.13. The average Bonchev–Trinajstić information content (AvgIpc) is 2.98. The summed E-state index contributed by atoms with van der Waals surface area (Å²) in [5.41, 5.74) is 2.64. The number of fused-ring (bicyclic) bond motifs is 1. The summed E-state index contributed by atoms with van der Waals surface area (Å²) in [5.74, 6) is 0.403. The molecule has 136 valence electrons. The van der Waals surface area contributed by atoms with Crippen LogP contribution in [0.25, 0.3) is 16.8 Å². The number of ketones is 1. The van der Waals surface area contributed by atoms with Crippen LogP contribution in [0.4, 0.5) is 0 Å². The molecule has 0 aliphatic rings. The van der Waals surface area contributed by atoms with Crippen LogP contribution in [-0.4, -0.2) is 27.8 Å². The van der Waals surface area contributed by atoms with Crippen molar-refractivity contribution in [3.8, 4) is 11.3 Å². The van der Waals surface area contributed by atoms with Crippen molar-refractivity contribution in [1.82, 2.24) is 14.7 Å². The first kappa shape index (κ1) is 18.6. The summed E-state index contributed by atoms with van der Waals surface area (Å²) in [6, 6.07) is 13.6. The average molecular weight is 370 g/mol. The molecular formula is C21H24ClN3O. The summed E-state index contributed by atoms with van der Waals surface area (Å²) in [5, 5.41) is 3.97. The van der Waals surface area contributed by atoms with Crippen molar-refractivity contribution < 1.29 is 4.79 Å². The molecule has 0 saturated heterocycles. The number of carbonyl (C=O) groups excluding carboxylic acids is 1. The molecule has 0 aliphatic carbocycles. The maximum absolute atomic E-state index is 12.8. The molecule has 1 aromatic carbocycles. The van der Waals surface area contributed by atoms with Gasteiger partial charge in [-0.1, -0.05) is 50.6 Å². The van der Waals surface area contributed by atoms with Crippen LogP contribution in [0.15, 0.2) is 48.7 Å². The number of hydrogen-bond donors (Lipinski definition) is 1. The van der Waals surface area contributed by atoms with Gasteiger partial charge in [-0.3, -0.25) is 9.20 Å². The lowest BCUT2D eigenvalue weighted by atomic mass is 9.88. The molecule has 1 N–H and O–H groups in total. The maximum atomic E-state index is 12.8. The van der Waals surface area contributed by atoms with Gasteiger partial charge in [-0.25, -0.2) is 4.98 Å². The normalized spacial score (nSPS) is 13.1. The fraction of sp³-hybridized carbons (Fsp3) is 0.333. The van der Waals surface area contributed by atoms with E-state index in [1.165, 1.54) is 0 Å². The molecule has 0 spiro atoms. The van der Waals surface area contributed by atoms with Crippen LogP contribution < -0.4 is 5.32 Å². The summed E-state index contributed by atoms with van der Waals surface area (Å²) in [7, 11) is 0. The number of nitrogens with zero attached hydrogens (tertiary/aromatic N) is 2. The van der Waals surface area contributed by atoms with E-state index < -0.39 is 0 Å². The Kier molecular flexibility index (Phi) is 5.17. The van der Waals surface area contributed by atoms with E-state index >= 15 is 0 Å². The van der Waals surface area contributed by atoms with Crippen molar-refractivity contribution in [3.05, 3.63) is 59.5 Å². The number of nitrogens with one attached hydrogen (secondary N) is 1. The Morgan fingerprint density at radius 1 is 1.23 bits per heavy atom. The second-order valence-corrected chi connectivity index (χ2v) is 8.08. The standard InChI is InChI=1S/C21H24ClN3O/c1-14(21(2,3)4)23-13-18(26)20-24-19(15-8-7-9-16(22)12-15)17-10-5-6-11-25(17)20/h5-12,14,23H,13H2,1-4H3/t14-/m0/s1. The molecule has 0 saturated carbocycles. The zero-order chi connectivity index (χ0) is 18.9. The zero-order valence-corrected chi connectivity index (χ0v) is 16.3. The molecular weight excluding hydrogens is 346 g/mol. The number of carbonyl (C=O) groups is 1. The number of imidazole rings is 1. The van der Waals surface area contributed by atoms with Gasteiger partial charge in [0.15, 0.2) is 5.82 Å². The Morgan fingerprint density at radius 3 is 2.69 bits per heavy atom. The molecule has 0 amide bonds. The summed E-state index contributed by atoms with van der Waals surface area (Å²) in [4.78, 5) is 17.5. The number of hydrogen-bond acceptors (Lipinski definition) is 3. The molecule has 3 aromatic rings. The van der Waals surface area contributed by atoms with Gasteiger partial charge in [-0.2, -0.15) is 0 Å². The van der Waals surface area contributed by atoms with Crippen LogP contribution in [-0.2, 0) is 0 Å². The van der Waals surface area contributed by atoms with E-state index in [1.807, 2.05) is 53.1 Å². The van der Waals surface area contributed by atoms with E-state index in [1.54, 1.807) is 0 Å². The minimum atomic E-state index is -0.0319. The number of benzene rings is 1. The Balaban J connectivity index is 1.96. The molecule has 0 unspecified atom stereocenters. The summed E-state index contributed by atoms with van der Waals surface area (Å²) in [6.07, 6.45) is 1.87. The molecule has 0 fully saturated rings. The first-order valence-corrected chi connectivity index (χ1v) is 9.15. The highest BCUT2D eigenvalue weighted by Crippen LogP contribution is 2.27. The van der Waals surface area contributed by atoms with Gasteiger partial charge in [-0.15, -0.1) is 0 Å². The largest absolute Gasteiger partial charge is 0.307 e. The molecule has 0 bridgehead atoms. The van der Waals surface area contributed by atoms with Gasteiger partial charge in [0.25, 0.3) is 0 Å².